The number of hydrogen-bond donors (Lipinski definition) is 0. The van der Waals surface area contributed by atoms with Gasteiger partial charge in [-0.2, -0.15) is 5.10 Å². The third-order valence-electron chi connectivity index (χ3n) is 2.45. The van der Waals surface area contributed by atoms with E-state index >= 15 is 0 Å². The number of fused-ring (bicyclic) bond motifs is 1. The van der Waals surface area contributed by atoms with Crippen LogP contribution in [0.5, 0.6) is 0 Å². The number of carbonyl (C=O) groups excluding carboxylic acids is 1. The number of hydrogen-bond acceptors (Lipinski definition) is 4. The van der Waals surface area contributed by atoms with Gasteiger partial charge in [0, 0.05) is 13.1 Å². The van der Waals surface area contributed by atoms with Gasteiger partial charge in [-0.1, -0.05) is 12.1 Å². The summed E-state index contributed by atoms with van der Waals surface area (Å²) < 4.78 is 6.83. The van der Waals surface area contributed by atoms with E-state index in [0.29, 0.717) is 11.5 Å². The van der Waals surface area contributed by atoms with Gasteiger partial charge >= 0.3 is 0 Å². The van der Waals surface area contributed by atoms with Crippen LogP contribution in [-0.2, 0) is 0 Å². The van der Waals surface area contributed by atoms with Crippen molar-refractivity contribution >= 4 is 17.0 Å². The highest BCUT2D eigenvalue weighted by molar-refractivity contribution is 5.78. The summed E-state index contributed by atoms with van der Waals surface area (Å²) in [6.07, 6.45) is 3.17. The van der Waals surface area contributed by atoms with Crippen molar-refractivity contribution in [2.24, 2.45) is 0 Å². The van der Waals surface area contributed by atoms with E-state index in [1.54, 1.807) is 12.4 Å². The van der Waals surface area contributed by atoms with Crippen LogP contribution in [0, 0.1) is 0 Å². The standard InChI is InChI=1S/C12H9N3O2/c1-8(16)15-7-9(6-13-15)12-14-10-4-2-3-5-11(10)17-12/h2-7H,1H3. The molecule has 0 aliphatic rings. The molecule has 0 aliphatic carbocycles. The molecule has 1 aromatic carbocycles. The summed E-state index contributed by atoms with van der Waals surface area (Å²) in [5.41, 5.74) is 2.20. The van der Waals surface area contributed by atoms with E-state index in [1.807, 2.05) is 24.3 Å². The van der Waals surface area contributed by atoms with Gasteiger partial charge < -0.3 is 4.42 Å². The van der Waals surface area contributed by atoms with Crippen LogP contribution in [0.2, 0.25) is 0 Å². The van der Waals surface area contributed by atoms with Crippen molar-refractivity contribution in [1.29, 1.82) is 0 Å². The minimum absolute atomic E-state index is 0.146. The molecule has 5 nitrogen and oxygen atoms in total. The second kappa shape index (κ2) is 3.55. The Labute approximate surface area is 96.7 Å². The molecule has 0 saturated heterocycles. The van der Waals surface area contributed by atoms with Crippen LogP contribution in [0.4, 0.5) is 0 Å². The molecule has 0 bridgehead atoms. The second-order valence-corrected chi connectivity index (χ2v) is 3.68. The number of carbonyl (C=O) groups is 1. The third kappa shape index (κ3) is 1.61. The maximum Gasteiger partial charge on any atom is 0.243 e. The average Bonchev–Trinajstić information content (AvgIpc) is 2.95. The zero-order valence-corrected chi connectivity index (χ0v) is 9.12. The van der Waals surface area contributed by atoms with Gasteiger partial charge in [0.05, 0.1) is 11.8 Å². The maximum atomic E-state index is 11.1. The zero-order chi connectivity index (χ0) is 11.8. The number of aromatic nitrogens is 3. The molecule has 5 heteroatoms. The maximum absolute atomic E-state index is 11.1. The highest BCUT2D eigenvalue weighted by atomic mass is 16.3. The molecular formula is C12H9N3O2. The number of para-hydroxylation sites is 2. The fraction of sp³-hybridized carbons (Fsp3) is 0.0833. The molecule has 2 aromatic heterocycles. The van der Waals surface area contributed by atoms with Gasteiger partial charge in [-0.25, -0.2) is 9.67 Å². The fourth-order valence-electron chi connectivity index (χ4n) is 1.60. The quantitative estimate of drug-likeness (QED) is 0.640. The Morgan fingerprint density at radius 3 is 2.88 bits per heavy atom. The van der Waals surface area contributed by atoms with Gasteiger partial charge in [-0.15, -0.1) is 0 Å². The molecule has 3 rings (SSSR count). The van der Waals surface area contributed by atoms with Crippen molar-refractivity contribution in [2.45, 2.75) is 6.92 Å². The molecule has 0 N–H and O–H groups in total. The third-order valence-corrected chi connectivity index (χ3v) is 2.45. The largest absolute Gasteiger partial charge is 0.436 e. The highest BCUT2D eigenvalue weighted by Gasteiger charge is 2.10. The van der Waals surface area contributed by atoms with Gasteiger partial charge in [0.25, 0.3) is 0 Å². The molecule has 0 unspecified atom stereocenters. The minimum Gasteiger partial charge on any atom is -0.436 e. The fourth-order valence-corrected chi connectivity index (χ4v) is 1.60. The molecule has 0 atom stereocenters. The molecule has 0 amide bonds. The molecule has 0 fully saturated rings. The van der Waals surface area contributed by atoms with E-state index in [9.17, 15) is 4.79 Å². The molecule has 3 aromatic rings. The lowest BCUT2D eigenvalue weighted by Crippen LogP contribution is -2.04. The lowest BCUT2D eigenvalue weighted by atomic mass is 10.3. The van der Waals surface area contributed by atoms with Crippen molar-refractivity contribution in [3.05, 3.63) is 36.7 Å². The normalized spacial score (nSPS) is 10.9. The highest BCUT2D eigenvalue weighted by Crippen LogP contribution is 2.23. The first-order valence-electron chi connectivity index (χ1n) is 5.15. The van der Waals surface area contributed by atoms with E-state index in [1.165, 1.54) is 11.6 Å². The molecule has 0 radical (unpaired) electrons. The summed E-state index contributed by atoms with van der Waals surface area (Å²) >= 11 is 0. The van der Waals surface area contributed by atoms with Crippen LogP contribution in [0.15, 0.2) is 41.1 Å². The number of nitrogens with zero attached hydrogens (tertiary/aromatic N) is 3. The smallest absolute Gasteiger partial charge is 0.243 e. The Balaban J connectivity index is 2.10. The lowest BCUT2D eigenvalue weighted by molar-refractivity contribution is 0.0921. The van der Waals surface area contributed by atoms with Crippen LogP contribution < -0.4 is 0 Å². The average molecular weight is 227 g/mol. The summed E-state index contributed by atoms with van der Waals surface area (Å²) in [6.45, 7) is 1.45. The molecule has 0 aliphatic heterocycles. The summed E-state index contributed by atoms with van der Waals surface area (Å²) in [4.78, 5) is 15.4. The molecule has 17 heavy (non-hydrogen) atoms. The first kappa shape index (κ1) is 9.77. The van der Waals surface area contributed by atoms with E-state index in [0.717, 1.165) is 11.1 Å². The topological polar surface area (TPSA) is 60.9 Å². The van der Waals surface area contributed by atoms with Crippen LogP contribution >= 0.6 is 0 Å². The van der Waals surface area contributed by atoms with E-state index in [2.05, 4.69) is 10.1 Å². The number of rotatable bonds is 1. The van der Waals surface area contributed by atoms with Crippen molar-refractivity contribution < 1.29 is 9.21 Å². The van der Waals surface area contributed by atoms with Crippen molar-refractivity contribution in [3.8, 4) is 11.5 Å². The summed E-state index contributed by atoms with van der Waals surface area (Å²) in [7, 11) is 0. The Morgan fingerprint density at radius 2 is 2.18 bits per heavy atom. The number of benzene rings is 1. The summed E-state index contributed by atoms with van der Waals surface area (Å²) in [5, 5.41) is 3.93. The van der Waals surface area contributed by atoms with Crippen molar-refractivity contribution in [2.75, 3.05) is 0 Å². The van der Waals surface area contributed by atoms with Crippen LogP contribution in [0.3, 0.4) is 0 Å². The van der Waals surface area contributed by atoms with Crippen LogP contribution in [-0.4, -0.2) is 20.7 Å². The van der Waals surface area contributed by atoms with Crippen molar-refractivity contribution in [1.82, 2.24) is 14.8 Å². The lowest BCUT2D eigenvalue weighted by Gasteiger charge is -1.89. The molecule has 0 spiro atoms. The van der Waals surface area contributed by atoms with Crippen LogP contribution in [0.1, 0.15) is 11.7 Å². The van der Waals surface area contributed by atoms with Gasteiger partial charge in [0.1, 0.15) is 5.52 Å². The predicted octanol–water partition coefficient (Wildman–Crippen LogP) is 2.35. The minimum atomic E-state index is -0.146. The Morgan fingerprint density at radius 1 is 1.35 bits per heavy atom. The first-order chi connectivity index (χ1) is 8.24. The zero-order valence-electron chi connectivity index (χ0n) is 9.12. The van der Waals surface area contributed by atoms with Gasteiger partial charge in [0.2, 0.25) is 11.8 Å². The second-order valence-electron chi connectivity index (χ2n) is 3.68. The Bertz CT molecular complexity index is 663. The van der Waals surface area contributed by atoms with Crippen molar-refractivity contribution in [3.63, 3.8) is 0 Å². The predicted molar refractivity (Wildman–Crippen MR) is 61.5 cm³/mol. The van der Waals surface area contributed by atoms with Crippen LogP contribution in [0.25, 0.3) is 22.6 Å². The van der Waals surface area contributed by atoms with Gasteiger partial charge in [-0.05, 0) is 12.1 Å². The van der Waals surface area contributed by atoms with E-state index < -0.39 is 0 Å². The summed E-state index contributed by atoms with van der Waals surface area (Å²) in [6, 6.07) is 7.50. The SMILES string of the molecule is CC(=O)n1cc(-c2nc3ccccc3o2)cn1. The monoisotopic (exact) mass is 227 g/mol. The molecule has 0 saturated carbocycles. The Kier molecular flexibility index (Phi) is 2.04. The summed E-state index contributed by atoms with van der Waals surface area (Å²) in [5.74, 6) is 0.325. The molecule has 84 valence electrons. The Hall–Kier alpha value is -2.43. The first-order valence-corrected chi connectivity index (χ1v) is 5.15. The molecular weight excluding hydrogens is 218 g/mol. The van der Waals surface area contributed by atoms with E-state index in [4.69, 9.17) is 4.42 Å². The molecule has 2 heterocycles. The van der Waals surface area contributed by atoms with Gasteiger partial charge in [-0.3, -0.25) is 4.79 Å². The number of oxazole rings is 1. The van der Waals surface area contributed by atoms with E-state index in [-0.39, 0.29) is 5.91 Å². The van der Waals surface area contributed by atoms with Gasteiger partial charge in [0.15, 0.2) is 5.58 Å².